The molecule has 1 saturated heterocycles. The van der Waals surface area contributed by atoms with E-state index in [-0.39, 0.29) is 0 Å². The lowest BCUT2D eigenvalue weighted by atomic mass is 10.2. The monoisotopic (exact) mass is 344 g/mol. The van der Waals surface area contributed by atoms with Crippen LogP contribution in [0.2, 0.25) is 0 Å². The highest BCUT2D eigenvalue weighted by Gasteiger charge is 2.20. The van der Waals surface area contributed by atoms with Gasteiger partial charge in [-0.15, -0.1) is 0 Å². The van der Waals surface area contributed by atoms with Crippen LogP contribution in [-0.2, 0) is 6.54 Å². The Morgan fingerprint density at radius 2 is 1.69 bits per heavy atom. The van der Waals surface area contributed by atoms with Crippen LogP contribution in [0.5, 0.6) is 0 Å². The van der Waals surface area contributed by atoms with Crippen LogP contribution in [0.4, 0.5) is 5.82 Å². The number of piperazine rings is 1. The molecule has 0 unspecified atom stereocenters. The molecule has 0 radical (unpaired) electrons. The maximum Gasteiger partial charge on any atom is 0.139 e. The molecule has 5 heteroatoms. The van der Waals surface area contributed by atoms with E-state index in [1.54, 1.807) is 6.33 Å². The predicted octanol–water partition coefficient (Wildman–Crippen LogP) is 3.70. The zero-order chi connectivity index (χ0) is 17.3. The lowest BCUT2D eigenvalue weighted by Crippen LogP contribution is -2.46. The number of fused-ring (bicyclic) bond motifs is 2. The number of hydrogen-bond donors (Lipinski definition) is 0. The summed E-state index contributed by atoms with van der Waals surface area (Å²) in [7, 11) is 0. The number of rotatable bonds is 3. The van der Waals surface area contributed by atoms with Crippen molar-refractivity contribution in [1.29, 1.82) is 0 Å². The Bertz CT molecular complexity index is 1010. The van der Waals surface area contributed by atoms with Gasteiger partial charge in [0.2, 0.25) is 0 Å². The van der Waals surface area contributed by atoms with Gasteiger partial charge in [-0.1, -0.05) is 30.3 Å². The Labute approximate surface area is 151 Å². The van der Waals surface area contributed by atoms with Gasteiger partial charge in [-0.3, -0.25) is 4.90 Å². The Morgan fingerprint density at radius 1 is 0.885 bits per heavy atom. The molecule has 130 valence electrons. The van der Waals surface area contributed by atoms with Crippen LogP contribution in [0.25, 0.3) is 21.9 Å². The number of anilines is 1. The minimum absolute atomic E-state index is 0.854. The summed E-state index contributed by atoms with van der Waals surface area (Å²) in [6.07, 6.45) is 1.67. The second-order valence-electron chi connectivity index (χ2n) is 6.73. The topological polar surface area (TPSA) is 45.4 Å². The van der Waals surface area contributed by atoms with Crippen LogP contribution in [0, 0.1) is 0 Å². The zero-order valence-electron chi connectivity index (χ0n) is 14.5. The number of para-hydroxylation sites is 2. The van der Waals surface area contributed by atoms with Gasteiger partial charge >= 0.3 is 0 Å². The number of benzene rings is 2. The Morgan fingerprint density at radius 3 is 2.58 bits per heavy atom. The third kappa shape index (κ3) is 2.80. The van der Waals surface area contributed by atoms with Crippen molar-refractivity contribution < 1.29 is 4.42 Å². The van der Waals surface area contributed by atoms with Gasteiger partial charge in [-0.05, 0) is 24.3 Å². The molecule has 0 spiro atoms. The van der Waals surface area contributed by atoms with Crippen LogP contribution >= 0.6 is 0 Å². The maximum atomic E-state index is 5.96. The summed E-state index contributed by atoms with van der Waals surface area (Å²) in [4.78, 5) is 13.7. The molecule has 3 heterocycles. The average Bonchev–Trinajstić information content (AvgIpc) is 3.10. The molecule has 1 fully saturated rings. The summed E-state index contributed by atoms with van der Waals surface area (Å²) in [6, 6.07) is 18.5. The Hall–Kier alpha value is -2.92. The van der Waals surface area contributed by atoms with Crippen LogP contribution in [0.1, 0.15) is 5.76 Å². The molecule has 5 nitrogen and oxygen atoms in total. The van der Waals surface area contributed by atoms with E-state index < -0.39 is 0 Å². The molecule has 0 atom stereocenters. The van der Waals surface area contributed by atoms with E-state index in [4.69, 9.17) is 4.42 Å². The highest BCUT2D eigenvalue weighted by atomic mass is 16.3. The molecule has 1 aliphatic rings. The first-order valence-electron chi connectivity index (χ1n) is 9.01. The number of hydrogen-bond acceptors (Lipinski definition) is 5. The minimum atomic E-state index is 0.854. The summed E-state index contributed by atoms with van der Waals surface area (Å²) < 4.78 is 5.96. The smallest absolute Gasteiger partial charge is 0.139 e. The van der Waals surface area contributed by atoms with Crippen molar-refractivity contribution in [2.24, 2.45) is 0 Å². The first kappa shape index (κ1) is 15.3. The molecule has 2 aromatic carbocycles. The number of furan rings is 1. The van der Waals surface area contributed by atoms with Gasteiger partial charge in [0.1, 0.15) is 23.5 Å². The van der Waals surface area contributed by atoms with E-state index in [1.807, 2.05) is 36.4 Å². The van der Waals surface area contributed by atoms with Crippen molar-refractivity contribution in [2.75, 3.05) is 31.1 Å². The largest absolute Gasteiger partial charge is 0.460 e. The number of nitrogens with zero attached hydrogens (tertiary/aromatic N) is 4. The molecule has 4 aromatic rings. The van der Waals surface area contributed by atoms with E-state index >= 15 is 0 Å². The lowest BCUT2D eigenvalue weighted by molar-refractivity contribution is 0.232. The normalized spacial score (nSPS) is 15.8. The molecule has 26 heavy (non-hydrogen) atoms. The van der Waals surface area contributed by atoms with Crippen LogP contribution in [-0.4, -0.2) is 41.0 Å². The summed E-state index contributed by atoms with van der Waals surface area (Å²) >= 11 is 0. The molecular weight excluding hydrogens is 324 g/mol. The van der Waals surface area contributed by atoms with Crippen molar-refractivity contribution in [3.63, 3.8) is 0 Å². The molecule has 0 amide bonds. The second-order valence-corrected chi connectivity index (χ2v) is 6.73. The Balaban J connectivity index is 1.30. The fourth-order valence-corrected chi connectivity index (χ4v) is 3.70. The number of aromatic nitrogens is 2. The molecule has 5 rings (SSSR count). The van der Waals surface area contributed by atoms with E-state index in [0.29, 0.717) is 0 Å². The molecule has 0 aliphatic carbocycles. The quantitative estimate of drug-likeness (QED) is 0.567. The molecule has 1 aliphatic heterocycles. The first-order chi connectivity index (χ1) is 12.9. The third-order valence-corrected chi connectivity index (χ3v) is 5.05. The average molecular weight is 344 g/mol. The van der Waals surface area contributed by atoms with E-state index in [1.165, 1.54) is 5.39 Å². The highest BCUT2D eigenvalue weighted by Crippen LogP contribution is 2.25. The Kier molecular flexibility index (Phi) is 3.79. The van der Waals surface area contributed by atoms with Gasteiger partial charge in [0.25, 0.3) is 0 Å². The van der Waals surface area contributed by atoms with Crippen molar-refractivity contribution in [3.05, 3.63) is 66.7 Å². The lowest BCUT2D eigenvalue weighted by Gasteiger charge is -2.35. The van der Waals surface area contributed by atoms with Crippen LogP contribution < -0.4 is 4.90 Å². The maximum absolute atomic E-state index is 5.96. The fourth-order valence-electron chi connectivity index (χ4n) is 3.70. The summed E-state index contributed by atoms with van der Waals surface area (Å²) in [5.74, 6) is 2.08. The van der Waals surface area contributed by atoms with Crippen LogP contribution in [0.3, 0.4) is 0 Å². The van der Waals surface area contributed by atoms with Crippen molar-refractivity contribution in [1.82, 2.24) is 14.9 Å². The highest BCUT2D eigenvalue weighted by molar-refractivity contribution is 5.89. The fraction of sp³-hybridized carbons (Fsp3) is 0.238. The van der Waals surface area contributed by atoms with Gasteiger partial charge in [0, 0.05) is 37.0 Å². The molecular formula is C21H20N4O. The van der Waals surface area contributed by atoms with E-state index in [0.717, 1.165) is 60.8 Å². The molecule has 0 bridgehead atoms. The van der Waals surface area contributed by atoms with E-state index in [9.17, 15) is 0 Å². The van der Waals surface area contributed by atoms with Gasteiger partial charge in [0.05, 0.1) is 12.1 Å². The van der Waals surface area contributed by atoms with Gasteiger partial charge in [0.15, 0.2) is 0 Å². The van der Waals surface area contributed by atoms with Gasteiger partial charge in [-0.25, -0.2) is 9.97 Å². The standard InChI is InChI=1S/C21H20N4O/c1-4-8-20-16(5-1)13-17(26-20)14-24-9-11-25(12-10-24)21-18-6-2-3-7-19(18)22-15-23-21/h1-8,13,15H,9-12,14H2. The summed E-state index contributed by atoms with van der Waals surface area (Å²) in [5.41, 5.74) is 1.97. The second kappa shape index (κ2) is 6.42. The van der Waals surface area contributed by atoms with Crippen molar-refractivity contribution in [2.45, 2.75) is 6.54 Å². The van der Waals surface area contributed by atoms with Crippen molar-refractivity contribution >= 4 is 27.7 Å². The van der Waals surface area contributed by atoms with Crippen LogP contribution in [0.15, 0.2) is 65.3 Å². The summed E-state index contributed by atoms with van der Waals surface area (Å²) in [5, 5.41) is 2.30. The molecule has 0 saturated carbocycles. The predicted molar refractivity (Wildman–Crippen MR) is 103 cm³/mol. The van der Waals surface area contributed by atoms with E-state index in [2.05, 4.69) is 38.0 Å². The van der Waals surface area contributed by atoms with Gasteiger partial charge < -0.3 is 9.32 Å². The van der Waals surface area contributed by atoms with Gasteiger partial charge in [-0.2, -0.15) is 0 Å². The zero-order valence-corrected chi connectivity index (χ0v) is 14.5. The summed E-state index contributed by atoms with van der Waals surface area (Å²) in [6.45, 7) is 4.76. The molecule has 2 aromatic heterocycles. The minimum Gasteiger partial charge on any atom is -0.460 e. The third-order valence-electron chi connectivity index (χ3n) is 5.05. The first-order valence-corrected chi connectivity index (χ1v) is 9.01. The molecule has 0 N–H and O–H groups in total. The SMILES string of the molecule is c1ccc2oc(CN3CCN(c4ncnc5ccccc45)CC3)cc2c1. The van der Waals surface area contributed by atoms with Crippen molar-refractivity contribution in [3.8, 4) is 0 Å².